The molecule has 2 N–H and O–H groups in total. The van der Waals surface area contributed by atoms with Gasteiger partial charge in [-0.1, -0.05) is 6.07 Å². The van der Waals surface area contributed by atoms with Crippen LogP contribution < -0.4 is 10.2 Å². The molecule has 2 aliphatic heterocycles. The second-order valence-electron chi connectivity index (χ2n) is 7.45. The summed E-state index contributed by atoms with van der Waals surface area (Å²) in [7, 11) is 0. The molecule has 138 valence electrons. The number of rotatable bonds is 5. The van der Waals surface area contributed by atoms with Crippen LogP contribution in [0.1, 0.15) is 36.4 Å². The van der Waals surface area contributed by atoms with Gasteiger partial charge in [-0.15, -0.1) is 11.3 Å². The number of nitrogens with one attached hydrogen (secondary N) is 2. The van der Waals surface area contributed by atoms with Crippen LogP contribution in [-0.4, -0.2) is 67.7 Å². The fraction of sp³-hybridized carbons (Fsp3) is 0.667. The number of morpholine rings is 1. The molecular weight excluding hydrogens is 338 g/mol. The minimum Gasteiger partial charge on any atom is -0.370 e. The molecule has 0 bridgehead atoms. The lowest BCUT2D eigenvalue weighted by Crippen LogP contribution is -3.22. The fourth-order valence-corrected chi connectivity index (χ4v) is 4.35. The molecule has 7 heteroatoms. The second-order valence-corrected chi connectivity index (χ2v) is 8.40. The maximum atomic E-state index is 12.7. The Morgan fingerprint density at radius 1 is 1.40 bits per heavy atom. The zero-order chi connectivity index (χ0) is 17.9. The first-order chi connectivity index (χ1) is 12.0. The number of nitrogens with zero attached hydrogens (tertiary/aromatic N) is 1. The SMILES string of the molecule is CC(C)(CNC(=O)[C@H]1CCCN1C(=O)c1cccs1)[NH+]1CCOCC1. The van der Waals surface area contributed by atoms with Crippen LogP contribution >= 0.6 is 11.3 Å². The van der Waals surface area contributed by atoms with Crippen molar-refractivity contribution in [1.82, 2.24) is 10.2 Å². The molecule has 3 heterocycles. The average Bonchev–Trinajstić information content (AvgIpc) is 3.31. The molecule has 3 rings (SSSR count). The van der Waals surface area contributed by atoms with E-state index in [1.54, 1.807) is 4.90 Å². The smallest absolute Gasteiger partial charge is 0.264 e. The zero-order valence-corrected chi connectivity index (χ0v) is 15.9. The first-order valence-corrected chi connectivity index (χ1v) is 9.92. The second kappa shape index (κ2) is 7.85. The normalized spacial score (nSPS) is 22.2. The summed E-state index contributed by atoms with van der Waals surface area (Å²) >= 11 is 1.43. The summed E-state index contributed by atoms with van der Waals surface area (Å²) in [6, 6.07) is 3.35. The maximum absolute atomic E-state index is 12.7. The van der Waals surface area contributed by atoms with Crippen molar-refractivity contribution in [1.29, 1.82) is 0 Å². The molecule has 1 aromatic rings. The molecule has 1 aromatic heterocycles. The van der Waals surface area contributed by atoms with Gasteiger partial charge in [0.15, 0.2) is 0 Å². The van der Waals surface area contributed by atoms with Crippen molar-refractivity contribution in [2.24, 2.45) is 0 Å². The molecule has 2 aliphatic rings. The van der Waals surface area contributed by atoms with Crippen LogP contribution in [-0.2, 0) is 9.53 Å². The van der Waals surface area contributed by atoms with Gasteiger partial charge >= 0.3 is 0 Å². The van der Waals surface area contributed by atoms with E-state index in [1.165, 1.54) is 16.2 Å². The minimum absolute atomic E-state index is 0.0225. The molecule has 0 radical (unpaired) electrons. The van der Waals surface area contributed by atoms with Crippen LogP contribution in [0.15, 0.2) is 17.5 Å². The van der Waals surface area contributed by atoms with Gasteiger partial charge in [-0.2, -0.15) is 0 Å². The predicted molar refractivity (Wildman–Crippen MR) is 97.0 cm³/mol. The molecule has 0 aliphatic carbocycles. The number of thiophene rings is 1. The van der Waals surface area contributed by atoms with E-state index in [0.29, 0.717) is 18.0 Å². The van der Waals surface area contributed by atoms with Gasteiger partial charge in [0.2, 0.25) is 5.91 Å². The van der Waals surface area contributed by atoms with Crippen molar-refractivity contribution in [2.45, 2.75) is 38.3 Å². The monoisotopic (exact) mass is 366 g/mol. The minimum atomic E-state index is -0.343. The van der Waals surface area contributed by atoms with Crippen LogP contribution in [0, 0.1) is 0 Å². The number of hydrogen-bond donors (Lipinski definition) is 2. The Morgan fingerprint density at radius 2 is 2.16 bits per heavy atom. The number of carbonyl (C=O) groups is 2. The Labute approximate surface area is 153 Å². The Bertz CT molecular complexity index is 597. The van der Waals surface area contributed by atoms with Crippen LogP contribution in [0.25, 0.3) is 0 Å². The largest absolute Gasteiger partial charge is 0.370 e. The van der Waals surface area contributed by atoms with Crippen LogP contribution in [0.3, 0.4) is 0 Å². The van der Waals surface area contributed by atoms with Crippen molar-refractivity contribution in [3.8, 4) is 0 Å². The first-order valence-electron chi connectivity index (χ1n) is 9.04. The van der Waals surface area contributed by atoms with Gasteiger partial charge in [-0.25, -0.2) is 0 Å². The highest BCUT2D eigenvalue weighted by Gasteiger charge is 2.37. The van der Waals surface area contributed by atoms with E-state index in [4.69, 9.17) is 4.74 Å². The van der Waals surface area contributed by atoms with Gasteiger partial charge in [0.1, 0.15) is 24.7 Å². The molecule has 1 atom stereocenters. The summed E-state index contributed by atoms with van der Waals surface area (Å²) in [5.41, 5.74) is -0.0410. The molecule has 6 nitrogen and oxygen atoms in total. The van der Waals surface area contributed by atoms with Crippen LogP contribution in [0.4, 0.5) is 0 Å². The highest BCUT2D eigenvalue weighted by atomic mass is 32.1. The van der Waals surface area contributed by atoms with Crippen molar-refractivity contribution >= 4 is 23.2 Å². The lowest BCUT2D eigenvalue weighted by molar-refractivity contribution is -0.954. The zero-order valence-electron chi connectivity index (χ0n) is 15.0. The summed E-state index contributed by atoms with van der Waals surface area (Å²) in [6.07, 6.45) is 1.63. The van der Waals surface area contributed by atoms with E-state index in [0.717, 1.165) is 39.1 Å². The van der Waals surface area contributed by atoms with E-state index < -0.39 is 0 Å². The standard InChI is InChI=1S/C18H27N3O3S/c1-18(2,20-8-10-24-11-9-20)13-19-16(22)14-5-3-7-21(14)17(23)15-6-4-12-25-15/h4,6,12,14H,3,5,7-11,13H2,1-2H3,(H,19,22)/p+1/t14-/m1/s1. The van der Waals surface area contributed by atoms with Gasteiger partial charge in [0.25, 0.3) is 5.91 Å². The van der Waals surface area contributed by atoms with Crippen LogP contribution in [0.5, 0.6) is 0 Å². The van der Waals surface area contributed by atoms with E-state index in [2.05, 4.69) is 19.2 Å². The third-order valence-electron chi connectivity index (χ3n) is 5.31. The number of hydrogen-bond acceptors (Lipinski definition) is 4. The number of ether oxygens (including phenoxy) is 1. The molecule has 0 spiro atoms. The lowest BCUT2D eigenvalue weighted by Gasteiger charge is -2.38. The molecule has 2 fully saturated rings. The predicted octanol–water partition coefficient (Wildman–Crippen LogP) is 0.163. The van der Waals surface area contributed by atoms with Gasteiger partial charge in [-0.05, 0) is 38.1 Å². The van der Waals surface area contributed by atoms with E-state index in [1.807, 2.05) is 17.5 Å². The first kappa shape index (κ1) is 18.4. The quantitative estimate of drug-likeness (QED) is 0.781. The Balaban J connectivity index is 1.57. The van der Waals surface area contributed by atoms with E-state index in [9.17, 15) is 9.59 Å². The molecule has 25 heavy (non-hydrogen) atoms. The van der Waals surface area contributed by atoms with E-state index in [-0.39, 0.29) is 23.4 Å². The Kier molecular flexibility index (Phi) is 5.76. The Morgan fingerprint density at radius 3 is 2.84 bits per heavy atom. The van der Waals surface area contributed by atoms with Gasteiger partial charge < -0.3 is 19.9 Å². The topological polar surface area (TPSA) is 63.1 Å². The molecule has 2 amide bonds. The Hall–Kier alpha value is -1.44. The average molecular weight is 367 g/mol. The van der Waals surface area contributed by atoms with E-state index >= 15 is 0 Å². The molecule has 0 unspecified atom stereocenters. The van der Waals surface area contributed by atoms with Gasteiger partial charge in [0, 0.05) is 6.54 Å². The molecule has 0 aromatic carbocycles. The highest BCUT2D eigenvalue weighted by Crippen LogP contribution is 2.22. The van der Waals surface area contributed by atoms with Crippen molar-refractivity contribution in [3.05, 3.63) is 22.4 Å². The highest BCUT2D eigenvalue weighted by molar-refractivity contribution is 7.12. The van der Waals surface area contributed by atoms with Crippen molar-refractivity contribution < 1.29 is 19.2 Å². The van der Waals surface area contributed by atoms with Crippen molar-refractivity contribution in [2.75, 3.05) is 39.4 Å². The fourth-order valence-electron chi connectivity index (χ4n) is 3.67. The lowest BCUT2D eigenvalue weighted by atomic mass is 10.0. The molecule has 2 saturated heterocycles. The van der Waals surface area contributed by atoms with Gasteiger partial charge in [0.05, 0.1) is 24.6 Å². The maximum Gasteiger partial charge on any atom is 0.264 e. The van der Waals surface area contributed by atoms with Gasteiger partial charge in [-0.3, -0.25) is 9.59 Å². The van der Waals surface area contributed by atoms with Crippen LogP contribution in [0.2, 0.25) is 0 Å². The summed E-state index contributed by atoms with van der Waals surface area (Å²) in [5.74, 6) is -0.0474. The summed E-state index contributed by atoms with van der Waals surface area (Å²) in [6.45, 7) is 9.11. The number of likely N-dealkylation sites (tertiary alicyclic amines) is 1. The summed E-state index contributed by atoms with van der Waals surface area (Å²) < 4.78 is 5.43. The number of carbonyl (C=O) groups excluding carboxylic acids is 2. The van der Waals surface area contributed by atoms with Crippen molar-refractivity contribution in [3.63, 3.8) is 0 Å². The molecular formula is C18H28N3O3S+. The molecule has 0 saturated carbocycles. The summed E-state index contributed by atoms with van der Waals surface area (Å²) in [4.78, 5) is 29.2. The third-order valence-corrected chi connectivity index (χ3v) is 6.16. The number of quaternary nitrogens is 1. The summed E-state index contributed by atoms with van der Waals surface area (Å²) in [5, 5.41) is 5.00. The third kappa shape index (κ3) is 4.22. The number of amides is 2.